The van der Waals surface area contributed by atoms with Crippen molar-refractivity contribution >= 4 is 28.9 Å². The third-order valence-corrected chi connectivity index (χ3v) is 5.79. The fourth-order valence-electron chi connectivity index (χ4n) is 4.40. The monoisotopic (exact) mass is 429 g/mol. The van der Waals surface area contributed by atoms with Crippen molar-refractivity contribution in [3.8, 4) is 0 Å². The van der Waals surface area contributed by atoms with Gasteiger partial charge in [0.05, 0.1) is 11.0 Å². The van der Waals surface area contributed by atoms with E-state index in [0.717, 1.165) is 16.9 Å². The molecule has 0 fully saturated rings. The van der Waals surface area contributed by atoms with Gasteiger partial charge in [0.25, 0.3) is 11.6 Å². The summed E-state index contributed by atoms with van der Waals surface area (Å²) in [5.74, 6) is -0.300. The lowest BCUT2D eigenvalue weighted by Gasteiger charge is -2.43. The zero-order valence-corrected chi connectivity index (χ0v) is 17.8. The zero-order chi connectivity index (χ0) is 22.8. The summed E-state index contributed by atoms with van der Waals surface area (Å²) in [6, 6.07) is 22.2. The van der Waals surface area contributed by atoms with Crippen molar-refractivity contribution in [2.45, 2.75) is 32.4 Å². The number of amides is 2. The van der Waals surface area contributed by atoms with Crippen molar-refractivity contribution in [2.75, 3.05) is 9.80 Å². The predicted octanol–water partition coefficient (Wildman–Crippen LogP) is 5.13. The number of nitro benzene ring substituents is 1. The van der Waals surface area contributed by atoms with Crippen LogP contribution in [0.4, 0.5) is 17.1 Å². The molecular formula is C25H23N3O4. The number of para-hydroxylation sites is 2. The Labute approximate surface area is 186 Å². The van der Waals surface area contributed by atoms with Gasteiger partial charge in [0.15, 0.2) is 0 Å². The maximum Gasteiger partial charge on any atom is 0.269 e. The molecule has 0 bridgehead atoms. The van der Waals surface area contributed by atoms with E-state index in [1.807, 2.05) is 61.5 Å². The molecule has 0 spiro atoms. The lowest BCUT2D eigenvalue weighted by molar-refractivity contribution is -0.384. The van der Waals surface area contributed by atoms with E-state index in [1.54, 1.807) is 16.7 Å². The van der Waals surface area contributed by atoms with Crippen molar-refractivity contribution in [3.05, 3.63) is 100 Å². The molecule has 0 N–H and O–H groups in total. The van der Waals surface area contributed by atoms with Crippen molar-refractivity contribution < 1.29 is 14.5 Å². The van der Waals surface area contributed by atoms with Crippen molar-refractivity contribution in [3.63, 3.8) is 0 Å². The van der Waals surface area contributed by atoms with E-state index in [0.29, 0.717) is 12.0 Å². The molecule has 2 amide bonds. The van der Waals surface area contributed by atoms with Crippen LogP contribution in [-0.4, -0.2) is 22.8 Å². The second kappa shape index (κ2) is 8.63. The van der Waals surface area contributed by atoms with Gasteiger partial charge in [0.1, 0.15) is 0 Å². The van der Waals surface area contributed by atoms with E-state index in [9.17, 15) is 19.7 Å². The summed E-state index contributed by atoms with van der Waals surface area (Å²) < 4.78 is 0. The highest BCUT2D eigenvalue weighted by Crippen LogP contribution is 2.42. The fourth-order valence-corrected chi connectivity index (χ4v) is 4.40. The summed E-state index contributed by atoms with van der Waals surface area (Å²) in [5.41, 5.74) is 2.69. The summed E-state index contributed by atoms with van der Waals surface area (Å²) >= 11 is 0. The molecule has 0 aliphatic carbocycles. The quantitative estimate of drug-likeness (QED) is 0.425. The van der Waals surface area contributed by atoms with Crippen LogP contribution in [0.5, 0.6) is 0 Å². The number of hydrogen-bond acceptors (Lipinski definition) is 4. The first-order chi connectivity index (χ1) is 15.4. The minimum Gasteiger partial charge on any atom is -0.309 e. The average Bonchev–Trinajstić information content (AvgIpc) is 2.79. The van der Waals surface area contributed by atoms with Crippen molar-refractivity contribution in [2.24, 2.45) is 0 Å². The smallest absolute Gasteiger partial charge is 0.269 e. The summed E-state index contributed by atoms with van der Waals surface area (Å²) in [6.07, 6.45) is 0.560. The van der Waals surface area contributed by atoms with Gasteiger partial charge >= 0.3 is 0 Å². The lowest BCUT2D eigenvalue weighted by Crippen LogP contribution is -2.47. The second-order valence-corrected chi connectivity index (χ2v) is 7.86. The largest absolute Gasteiger partial charge is 0.309 e. The van der Waals surface area contributed by atoms with Crippen LogP contribution in [0, 0.1) is 10.1 Å². The number of fused-ring (bicyclic) bond motifs is 1. The number of benzene rings is 3. The average molecular weight is 429 g/mol. The third kappa shape index (κ3) is 3.85. The third-order valence-electron chi connectivity index (χ3n) is 5.79. The Balaban J connectivity index is 1.83. The Bertz CT molecular complexity index is 1160. The number of non-ortho nitro benzene ring substituents is 1. The Hall–Kier alpha value is -4.00. The van der Waals surface area contributed by atoms with Gasteiger partial charge in [-0.1, -0.05) is 36.4 Å². The molecule has 2 atom stereocenters. The zero-order valence-electron chi connectivity index (χ0n) is 17.8. The van der Waals surface area contributed by atoms with Crippen LogP contribution < -0.4 is 9.80 Å². The van der Waals surface area contributed by atoms with E-state index in [1.165, 1.54) is 24.3 Å². The van der Waals surface area contributed by atoms with Crippen molar-refractivity contribution in [1.29, 1.82) is 0 Å². The van der Waals surface area contributed by atoms with Gasteiger partial charge in [-0.3, -0.25) is 19.7 Å². The Morgan fingerprint density at radius 3 is 2.22 bits per heavy atom. The molecule has 1 aliphatic rings. The molecule has 0 unspecified atom stereocenters. The molecule has 7 heteroatoms. The van der Waals surface area contributed by atoms with Gasteiger partial charge < -0.3 is 9.80 Å². The van der Waals surface area contributed by atoms with Gasteiger partial charge in [-0.15, -0.1) is 0 Å². The SMILES string of the molecule is CC(=O)N1c2ccccc2[C@H](N(C(=O)c2ccc([N+](=O)[O-])cc2)c2ccccc2)C[C@H]1C. The summed E-state index contributed by atoms with van der Waals surface area (Å²) in [7, 11) is 0. The number of hydrogen-bond donors (Lipinski definition) is 0. The second-order valence-electron chi connectivity index (χ2n) is 7.86. The highest BCUT2D eigenvalue weighted by molar-refractivity contribution is 6.07. The Morgan fingerprint density at radius 2 is 1.59 bits per heavy atom. The molecule has 0 radical (unpaired) electrons. The number of rotatable bonds is 4. The van der Waals surface area contributed by atoms with E-state index in [-0.39, 0.29) is 29.6 Å². The lowest BCUT2D eigenvalue weighted by atomic mass is 9.89. The maximum absolute atomic E-state index is 13.7. The molecule has 1 heterocycles. The van der Waals surface area contributed by atoms with E-state index >= 15 is 0 Å². The maximum atomic E-state index is 13.7. The Kier molecular flexibility index (Phi) is 5.73. The first-order valence-electron chi connectivity index (χ1n) is 10.4. The normalized spacial score (nSPS) is 17.4. The molecule has 1 aliphatic heterocycles. The molecule has 4 rings (SSSR count). The van der Waals surface area contributed by atoms with Crippen LogP contribution in [0.1, 0.15) is 42.2 Å². The summed E-state index contributed by atoms with van der Waals surface area (Å²) in [5, 5.41) is 11.0. The molecule has 0 saturated heterocycles. The molecule has 0 saturated carbocycles. The van der Waals surface area contributed by atoms with Crippen LogP contribution in [0.25, 0.3) is 0 Å². The van der Waals surface area contributed by atoms with Gasteiger partial charge in [-0.2, -0.15) is 0 Å². The Morgan fingerprint density at radius 1 is 0.969 bits per heavy atom. The standard InChI is InChI=1S/C25H23N3O4/c1-17-16-24(22-10-6-7-11-23(22)26(17)18(2)29)27(20-8-4-3-5-9-20)25(30)19-12-14-21(15-13-19)28(31)32/h3-15,17,24H,16H2,1-2H3/t17-,24-/m1/s1. The van der Waals surface area contributed by atoms with Gasteiger partial charge in [-0.05, 0) is 49.2 Å². The minimum atomic E-state index is -0.487. The highest BCUT2D eigenvalue weighted by atomic mass is 16.6. The summed E-state index contributed by atoms with van der Waals surface area (Å²) in [4.78, 5) is 40.1. The number of nitro groups is 1. The fraction of sp³-hybridized carbons (Fsp3) is 0.200. The number of anilines is 2. The molecule has 7 nitrogen and oxygen atoms in total. The van der Waals surface area contributed by atoms with Gasteiger partial charge in [0, 0.05) is 42.0 Å². The summed E-state index contributed by atoms with van der Waals surface area (Å²) in [6.45, 7) is 3.52. The first-order valence-corrected chi connectivity index (χ1v) is 10.4. The van der Waals surface area contributed by atoms with Crippen molar-refractivity contribution in [1.82, 2.24) is 0 Å². The first kappa shape index (κ1) is 21.2. The van der Waals surface area contributed by atoms with Crippen LogP contribution >= 0.6 is 0 Å². The van der Waals surface area contributed by atoms with Crippen LogP contribution in [0.15, 0.2) is 78.9 Å². The molecule has 0 aromatic heterocycles. The molecular weight excluding hydrogens is 406 g/mol. The molecule has 3 aromatic rings. The molecule has 162 valence electrons. The van der Waals surface area contributed by atoms with E-state index < -0.39 is 4.92 Å². The topological polar surface area (TPSA) is 83.8 Å². The number of nitrogens with zero attached hydrogens (tertiary/aromatic N) is 3. The van der Waals surface area contributed by atoms with E-state index in [2.05, 4.69) is 0 Å². The van der Waals surface area contributed by atoms with Crippen LogP contribution in [-0.2, 0) is 4.79 Å². The number of carbonyl (C=O) groups excluding carboxylic acids is 2. The van der Waals surface area contributed by atoms with Gasteiger partial charge in [0.2, 0.25) is 5.91 Å². The number of carbonyl (C=O) groups is 2. The highest BCUT2D eigenvalue weighted by Gasteiger charge is 2.38. The van der Waals surface area contributed by atoms with Gasteiger partial charge in [-0.25, -0.2) is 0 Å². The molecule has 3 aromatic carbocycles. The minimum absolute atomic E-state index is 0.0450. The van der Waals surface area contributed by atoms with E-state index in [4.69, 9.17) is 0 Å². The predicted molar refractivity (Wildman–Crippen MR) is 123 cm³/mol. The van der Waals surface area contributed by atoms with Crippen LogP contribution in [0.3, 0.4) is 0 Å². The molecule has 32 heavy (non-hydrogen) atoms. The van der Waals surface area contributed by atoms with Crippen LogP contribution in [0.2, 0.25) is 0 Å².